The Morgan fingerprint density at radius 1 is 1.26 bits per heavy atom. The van der Waals surface area contributed by atoms with Crippen LogP contribution in [-0.2, 0) is 16.0 Å². The number of hydrogen-bond acceptors (Lipinski definition) is 3. The van der Waals surface area contributed by atoms with Crippen molar-refractivity contribution in [1.82, 2.24) is 10.2 Å². The van der Waals surface area contributed by atoms with Crippen LogP contribution in [0.4, 0.5) is 0 Å². The molecule has 0 radical (unpaired) electrons. The van der Waals surface area contributed by atoms with E-state index in [1.54, 1.807) is 0 Å². The summed E-state index contributed by atoms with van der Waals surface area (Å²) in [6.07, 6.45) is 5.36. The molecule has 1 saturated carbocycles. The van der Waals surface area contributed by atoms with Crippen LogP contribution in [0.2, 0.25) is 0 Å². The third kappa shape index (κ3) is 6.09. The van der Waals surface area contributed by atoms with E-state index < -0.39 is 0 Å². The fraction of sp³-hybridized carbons (Fsp3) is 0.619. The van der Waals surface area contributed by atoms with Crippen molar-refractivity contribution in [3.05, 3.63) is 35.9 Å². The van der Waals surface area contributed by atoms with Crippen molar-refractivity contribution in [2.24, 2.45) is 16.3 Å². The first-order valence-corrected chi connectivity index (χ1v) is 9.82. The molecule has 1 aromatic rings. The average Bonchev–Trinajstić information content (AvgIpc) is 3.43. The van der Waals surface area contributed by atoms with E-state index in [1.165, 1.54) is 18.4 Å². The average molecular weight is 485 g/mol. The molecule has 6 heteroatoms. The van der Waals surface area contributed by atoms with Gasteiger partial charge in [-0.3, -0.25) is 9.79 Å². The lowest BCUT2D eigenvalue weighted by Gasteiger charge is -2.34. The Labute approximate surface area is 180 Å². The zero-order valence-electron chi connectivity index (χ0n) is 16.4. The SMILES string of the molecule is CCOC(=O)C1CCN(C(=NC)NCC2(Cc3ccccc3)CC2)CC1.I. The molecule has 5 nitrogen and oxygen atoms in total. The first kappa shape index (κ1) is 22.0. The van der Waals surface area contributed by atoms with Gasteiger partial charge in [0.15, 0.2) is 5.96 Å². The van der Waals surface area contributed by atoms with Crippen LogP contribution in [0, 0.1) is 11.3 Å². The standard InChI is InChI=1S/C21H31N3O2.HI/c1-3-26-19(25)18-9-13-24(14-10-18)20(22-2)23-16-21(11-12-21)15-17-7-5-4-6-8-17;/h4-8,18H,3,9-16H2,1-2H3,(H,22,23);1H. The molecular formula is C21H32IN3O2. The molecule has 150 valence electrons. The van der Waals surface area contributed by atoms with Gasteiger partial charge in [-0.15, -0.1) is 24.0 Å². The van der Waals surface area contributed by atoms with Crippen molar-refractivity contribution in [1.29, 1.82) is 0 Å². The third-order valence-electron chi connectivity index (χ3n) is 5.63. The van der Waals surface area contributed by atoms with Crippen molar-refractivity contribution >= 4 is 35.9 Å². The lowest BCUT2D eigenvalue weighted by Crippen LogP contribution is -2.48. The number of benzene rings is 1. The number of rotatable bonds is 6. The van der Waals surface area contributed by atoms with Crippen molar-refractivity contribution < 1.29 is 9.53 Å². The van der Waals surface area contributed by atoms with Gasteiger partial charge in [0.2, 0.25) is 0 Å². The molecule has 1 N–H and O–H groups in total. The van der Waals surface area contributed by atoms with Crippen LogP contribution in [-0.4, -0.2) is 50.1 Å². The zero-order valence-corrected chi connectivity index (χ0v) is 18.8. The molecule has 1 aromatic carbocycles. The van der Waals surface area contributed by atoms with Gasteiger partial charge in [0, 0.05) is 26.7 Å². The van der Waals surface area contributed by atoms with Gasteiger partial charge in [-0.05, 0) is 50.0 Å². The third-order valence-corrected chi connectivity index (χ3v) is 5.63. The molecule has 3 rings (SSSR count). The lowest BCUT2D eigenvalue weighted by atomic mass is 9.96. The van der Waals surface area contributed by atoms with Crippen LogP contribution in [0.3, 0.4) is 0 Å². The van der Waals surface area contributed by atoms with E-state index in [2.05, 4.69) is 45.5 Å². The highest BCUT2D eigenvalue weighted by molar-refractivity contribution is 14.0. The lowest BCUT2D eigenvalue weighted by molar-refractivity contribution is -0.149. The summed E-state index contributed by atoms with van der Waals surface area (Å²) in [5.74, 6) is 0.957. The van der Waals surface area contributed by atoms with E-state index in [-0.39, 0.29) is 35.9 Å². The van der Waals surface area contributed by atoms with E-state index in [4.69, 9.17) is 4.74 Å². The molecule has 27 heavy (non-hydrogen) atoms. The summed E-state index contributed by atoms with van der Waals surface area (Å²) >= 11 is 0. The first-order valence-electron chi connectivity index (χ1n) is 9.82. The number of halogens is 1. The monoisotopic (exact) mass is 485 g/mol. The first-order chi connectivity index (χ1) is 12.7. The van der Waals surface area contributed by atoms with Gasteiger partial charge in [-0.2, -0.15) is 0 Å². The largest absolute Gasteiger partial charge is 0.466 e. The maximum absolute atomic E-state index is 11.9. The van der Waals surface area contributed by atoms with E-state index in [0.29, 0.717) is 12.0 Å². The number of likely N-dealkylation sites (tertiary alicyclic amines) is 1. The predicted octanol–water partition coefficient (Wildman–Crippen LogP) is 3.48. The van der Waals surface area contributed by atoms with Crippen molar-refractivity contribution in [2.45, 2.75) is 39.0 Å². The number of guanidine groups is 1. The molecule has 0 atom stereocenters. The molecule has 0 aromatic heterocycles. The van der Waals surface area contributed by atoms with E-state index >= 15 is 0 Å². The number of carbonyl (C=O) groups is 1. The van der Waals surface area contributed by atoms with Gasteiger partial charge >= 0.3 is 5.97 Å². The maximum atomic E-state index is 11.9. The van der Waals surface area contributed by atoms with E-state index in [1.807, 2.05) is 14.0 Å². The number of nitrogens with zero attached hydrogens (tertiary/aromatic N) is 2. The highest BCUT2D eigenvalue weighted by atomic mass is 127. The van der Waals surface area contributed by atoms with Gasteiger partial charge in [0.25, 0.3) is 0 Å². The number of esters is 1. The highest BCUT2D eigenvalue weighted by Gasteiger charge is 2.42. The Morgan fingerprint density at radius 3 is 2.48 bits per heavy atom. The molecule has 1 aliphatic heterocycles. The number of piperidine rings is 1. The Balaban J connectivity index is 0.00000261. The maximum Gasteiger partial charge on any atom is 0.309 e. The number of hydrogen-bond donors (Lipinski definition) is 1. The van der Waals surface area contributed by atoms with Gasteiger partial charge in [-0.1, -0.05) is 30.3 Å². The molecule has 1 saturated heterocycles. The molecule has 2 fully saturated rings. The molecule has 1 heterocycles. The molecule has 0 spiro atoms. The van der Waals surface area contributed by atoms with E-state index in [9.17, 15) is 4.79 Å². The molecule has 0 amide bonds. The molecular weight excluding hydrogens is 453 g/mol. The van der Waals surface area contributed by atoms with Gasteiger partial charge < -0.3 is 15.0 Å². The molecule has 1 aliphatic carbocycles. The van der Waals surface area contributed by atoms with Crippen molar-refractivity contribution in [3.63, 3.8) is 0 Å². The topological polar surface area (TPSA) is 53.9 Å². The summed E-state index contributed by atoms with van der Waals surface area (Å²) in [6.45, 7) is 5.00. The summed E-state index contributed by atoms with van der Waals surface area (Å²) in [7, 11) is 1.84. The molecule has 0 unspecified atom stereocenters. The predicted molar refractivity (Wildman–Crippen MR) is 120 cm³/mol. The summed E-state index contributed by atoms with van der Waals surface area (Å²) in [5.41, 5.74) is 1.79. The minimum Gasteiger partial charge on any atom is -0.466 e. The van der Waals surface area contributed by atoms with Crippen LogP contribution < -0.4 is 5.32 Å². The second-order valence-electron chi connectivity index (χ2n) is 7.58. The van der Waals surface area contributed by atoms with Crippen LogP contribution >= 0.6 is 24.0 Å². The zero-order chi connectivity index (χ0) is 18.4. The number of carbonyl (C=O) groups excluding carboxylic acids is 1. The minimum atomic E-state index is -0.0464. The number of nitrogens with one attached hydrogen (secondary N) is 1. The smallest absolute Gasteiger partial charge is 0.309 e. The van der Waals surface area contributed by atoms with Gasteiger partial charge in [0.05, 0.1) is 12.5 Å². The second kappa shape index (κ2) is 10.3. The highest BCUT2D eigenvalue weighted by Crippen LogP contribution is 2.47. The van der Waals surface area contributed by atoms with Crippen LogP contribution in [0.15, 0.2) is 35.3 Å². The second-order valence-corrected chi connectivity index (χ2v) is 7.58. The van der Waals surface area contributed by atoms with E-state index in [0.717, 1.165) is 44.9 Å². The van der Waals surface area contributed by atoms with Gasteiger partial charge in [0.1, 0.15) is 0 Å². The van der Waals surface area contributed by atoms with Crippen LogP contribution in [0.25, 0.3) is 0 Å². The van der Waals surface area contributed by atoms with Crippen LogP contribution in [0.1, 0.15) is 38.2 Å². The van der Waals surface area contributed by atoms with Crippen molar-refractivity contribution in [2.75, 3.05) is 33.3 Å². The summed E-state index contributed by atoms with van der Waals surface area (Å²) in [5, 5.41) is 3.59. The van der Waals surface area contributed by atoms with Crippen LogP contribution in [0.5, 0.6) is 0 Å². The fourth-order valence-electron chi connectivity index (χ4n) is 3.81. The fourth-order valence-corrected chi connectivity index (χ4v) is 3.81. The molecule has 2 aliphatic rings. The summed E-state index contributed by atoms with van der Waals surface area (Å²) in [4.78, 5) is 18.6. The van der Waals surface area contributed by atoms with Crippen molar-refractivity contribution in [3.8, 4) is 0 Å². The Kier molecular flexibility index (Phi) is 8.38. The van der Waals surface area contributed by atoms with Gasteiger partial charge in [-0.25, -0.2) is 0 Å². The Morgan fingerprint density at radius 2 is 1.93 bits per heavy atom. The quantitative estimate of drug-likeness (QED) is 0.290. The Hall–Kier alpha value is -1.31. The molecule has 0 bridgehead atoms. The summed E-state index contributed by atoms with van der Waals surface area (Å²) in [6, 6.07) is 10.7. The summed E-state index contributed by atoms with van der Waals surface area (Å²) < 4.78 is 5.16. The number of aliphatic imine (C=N–C) groups is 1. The number of ether oxygens (including phenoxy) is 1. The minimum absolute atomic E-state index is 0. The normalized spacial score (nSPS) is 19.2. The Bertz CT molecular complexity index is 624.